The molecule has 5 heterocycles. The zero-order valence-corrected chi connectivity index (χ0v) is 22.5. The molecule has 0 radical (unpaired) electrons. The number of aromatic nitrogens is 4. The predicted octanol–water partition coefficient (Wildman–Crippen LogP) is -0.915. The smallest absolute Gasteiger partial charge is 0.411 e. The van der Waals surface area contributed by atoms with Crippen LogP contribution in [0, 0.1) is 17.8 Å². The summed E-state index contributed by atoms with van der Waals surface area (Å²) >= 11 is 0. The summed E-state index contributed by atoms with van der Waals surface area (Å²) in [4.78, 5) is 52.2. The van der Waals surface area contributed by atoms with Gasteiger partial charge in [0.05, 0.1) is 12.7 Å². The summed E-state index contributed by atoms with van der Waals surface area (Å²) in [6.07, 6.45) is -0.627. The molecule has 6 rings (SSSR count). The molecule has 4 fully saturated rings. The number of piperidine rings is 1. The second-order valence-corrected chi connectivity index (χ2v) is 11.0. The average Bonchev–Trinajstić information content (AvgIpc) is 3.60. The fraction of sp³-hybridized carbons (Fsp3) is 0.615. The van der Waals surface area contributed by atoms with E-state index >= 15 is 0 Å². The van der Waals surface area contributed by atoms with Crippen LogP contribution in [0.1, 0.15) is 50.6 Å². The SMILES string of the molecule is CN1C(=O)CC1OC(=O)N1CCC(CC#Cc2nc(N)c3ncn([C@@H]4O[C@H](C(=O)NC5CC5)C(O)[C@@H]4O)c3n2)CC1. The van der Waals surface area contributed by atoms with E-state index in [1.165, 1.54) is 15.8 Å². The molecule has 2 unspecified atom stereocenters. The fourth-order valence-electron chi connectivity index (χ4n) is 5.18. The molecule has 15 heteroatoms. The molecule has 4 aliphatic rings. The third-order valence-corrected chi connectivity index (χ3v) is 8.02. The Balaban J connectivity index is 1.08. The Morgan fingerprint density at radius 3 is 2.63 bits per heavy atom. The van der Waals surface area contributed by atoms with Crippen molar-refractivity contribution < 1.29 is 34.1 Å². The van der Waals surface area contributed by atoms with Crippen molar-refractivity contribution in [1.29, 1.82) is 0 Å². The standard InChI is InChI=1S/C26H32N8O7/c1-32-16(35)11-17(32)40-26(39)33-9-7-13(8-10-33)3-2-4-15-30-22(27)18-23(31-15)34(12-28-18)25-20(37)19(36)21(41-25)24(38)29-14-5-6-14/h12-14,17,19-21,25,36-37H,3,5-11H2,1H3,(H,29,38)(H2,27,30,31)/t17?,19?,20-,21-,25+/m0/s1. The Kier molecular flexibility index (Phi) is 7.14. The first-order valence-electron chi connectivity index (χ1n) is 13.7. The largest absolute Gasteiger partial charge is 0.425 e. The molecule has 0 spiro atoms. The van der Waals surface area contributed by atoms with Gasteiger partial charge in [-0.1, -0.05) is 5.92 Å². The molecule has 1 saturated carbocycles. The van der Waals surface area contributed by atoms with Gasteiger partial charge >= 0.3 is 6.09 Å². The number of carbonyl (C=O) groups is 3. The van der Waals surface area contributed by atoms with Crippen molar-refractivity contribution in [2.75, 3.05) is 25.9 Å². The van der Waals surface area contributed by atoms with Crippen LogP contribution in [0.5, 0.6) is 0 Å². The number of hydrogen-bond acceptors (Lipinski definition) is 11. The number of imidazole rings is 1. The third-order valence-electron chi connectivity index (χ3n) is 8.02. The van der Waals surface area contributed by atoms with E-state index in [0.29, 0.717) is 19.5 Å². The lowest BCUT2D eigenvalue weighted by molar-refractivity contribution is -0.161. The lowest BCUT2D eigenvalue weighted by Gasteiger charge is -2.38. The molecule has 15 nitrogen and oxygen atoms in total. The first-order valence-corrected chi connectivity index (χ1v) is 13.7. The van der Waals surface area contributed by atoms with Gasteiger partial charge in [0.2, 0.25) is 11.7 Å². The van der Waals surface area contributed by atoms with Gasteiger partial charge in [-0.2, -0.15) is 0 Å². The van der Waals surface area contributed by atoms with Crippen LogP contribution in [0.15, 0.2) is 6.33 Å². The number of β-lactam (4-membered cyclic amide) rings is 1. The highest BCUT2D eigenvalue weighted by atomic mass is 16.6. The molecule has 218 valence electrons. The summed E-state index contributed by atoms with van der Waals surface area (Å²) in [5, 5.41) is 23.9. The zero-order chi connectivity index (χ0) is 28.8. The van der Waals surface area contributed by atoms with Crippen LogP contribution in [0.2, 0.25) is 0 Å². The number of aliphatic hydroxyl groups is 2. The Labute approximate surface area is 235 Å². The zero-order valence-electron chi connectivity index (χ0n) is 22.5. The number of hydrogen-bond donors (Lipinski definition) is 4. The van der Waals surface area contributed by atoms with Crippen LogP contribution in [0.25, 0.3) is 11.2 Å². The molecule has 0 aromatic carbocycles. The van der Waals surface area contributed by atoms with Gasteiger partial charge in [0, 0.05) is 32.6 Å². The number of anilines is 1. The van der Waals surface area contributed by atoms with Gasteiger partial charge < -0.3 is 40.5 Å². The Hall–Kier alpha value is -4.00. The Morgan fingerprint density at radius 1 is 1.20 bits per heavy atom. The third kappa shape index (κ3) is 5.37. The molecule has 1 aliphatic carbocycles. The Morgan fingerprint density at radius 2 is 1.95 bits per heavy atom. The minimum atomic E-state index is -1.42. The minimum absolute atomic E-state index is 0.0421. The van der Waals surface area contributed by atoms with Crippen LogP contribution in [-0.4, -0.2) is 108 Å². The normalized spacial score (nSPS) is 28.3. The molecular weight excluding hydrogens is 536 g/mol. The number of aliphatic hydroxyl groups excluding tert-OH is 2. The number of rotatable bonds is 5. The van der Waals surface area contributed by atoms with Crippen molar-refractivity contribution in [1.82, 2.24) is 34.6 Å². The van der Waals surface area contributed by atoms with Crippen LogP contribution >= 0.6 is 0 Å². The summed E-state index contributed by atoms with van der Waals surface area (Å²) in [6, 6.07) is 0.0774. The van der Waals surface area contributed by atoms with Gasteiger partial charge in [0.15, 0.2) is 30.0 Å². The van der Waals surface area contributed by atoms with E-state index in [2.05, 4.69) is 32.1 Å². The fourth-order valence-corrected chi connectivity index (χ4v) is 5.18. The van der Waals surface area contributed by atoms with Gasteiger partial charge in [-0.3, -0.25) is 14.2 Å². The summed E-state index contributed by atoms with van der Waals surface area (Å²) < 4.78 is 12.6. The van der Waals surface area contributed by atoms with E-state index in [1.807, 2.05) is 0 Å². The van der Waals surface area contributed by atoms with Gasteiger partial charge in [0.1, 0.15) is 17.7 Å². The lowest BCUT2D eigenvalue weighted by Crippen LogP contribution is -2.54. The average molecular weight is 569 g/mol. The van der Waals surface area contributed by atoms with E-state index in [0.717, 1.165) is 25.7 Å². The topological polar surface area (TPSA) is 198 Å². The second-order valence-electron chi connectivity index (χ2n) is 11.0. The van der Waals surface area contributed by atoms with E-state index < -0.39 is 42.8 Å². The molecule has 5 N–H and O–H groups in total. The van der Waals surface area contributed by atoms with Gasteiger partial charge in [-0.15, -0.1) is 0 Å². The van der Waals surface area contributed by atoms with Gasteiger partial charge in [-0.25, -0.2) is 19.7 Å². The van der Waals surface area contributed by atoms with E-state index in [4.69, 9.17) is 15.2 Å². The van der Waals surface area contributed by atoms with E-state index in [9.17, 15) is 24.6 Å². The molecule has 0 bridgehead atoms. The number of fused-ring (bicyclic) bond motifs is 1. The van der Waals surface area contributed by atoms with E-state index in [1.54, 1.807) is 11.9 Å². The van der Waals surface area contributed by atoms with Crippen LogP contribution < -0.4 is 11.1 Å². The van der Waals surface area contributed by atoms with Crippen LogP contribution in [0.4, 0.5) is 10.6 Å². The molecular formula is C26H32N8O7. The van der Waals surface area contributed by atoms with Crippen molar-refractivity contribution in [3.05, 3.63) is 12.2 Å². The van der Waals surface area contributed by atoms with Gasteiger partial charge in [-0.05, 0) is 37.5 Å². The van der Waals surface area contributed by atoms with Crippen LogP contribution in [0.3, 0.4) is 0 Å². The van der Waals surface area contributed by atoms with E-state index in [-0.39, 0.29) is 47.1 Å². The first kappa shape index (κ1) is 27.2. The number of nitrogens with zero attached hydrogens (tertiary/aromatic N) is 6. The Bertz CT molecular complexity index is 1420. The minimum Gasteiger partial charge on any atom is -0.425 e. The number of likely N-dealkylation sites (tertiary alicyclic amines) is 2. The van der Waals surface area contributed by atoms with Crippen molar-refractivity contribution in [2.24, 2.45) is 5.92 Å². The lowest BCUT2D eigenvalue weighted by atomic mass is 9.94. The molecule has 2 aromatic rings. The highest BCUT2D eigenvalue weighted by Crippen LogP contribution is 2.33. The predicted molar refractivity (Wildman–Crippen MR) is 140 cm³/mol. The molecule has 41 heavy (non-hydrogen) atoms. The summed E-state index contributed by atoms with van der Waals surface area (Å²) in [5.74, 6) is 6.05. The maximum atomic E-state index is 12.5. The quantitative estimate of drug-likeness (QED) is 0.257. The summed E-state index contributed by atoms with van der Waals surface area (Å²) in [5.41, 5.74) is 6.65. The van der Waals surface area contributed by atoms with Crippen molar-refractivity contribution in [2.45, 2.75) is 75.3 Å². The summed E-state index contributed by atoms with van der Waals surface area (Å²) in [6.45, 7) is 1.08. The van der Waals surface area contributed by atoms with Crippen molar-refractivity contribution in [3.63, 3.8) is 0 Å². The highest BCUT2D eigenvalue weighted by Gasteiger charge is 2.48. The maximum Gasteiger partial charge on any atom is 0.411 e. The maximum absolute atomic E-state index is 12.5. The molecule has 3 aliphatic heterocycles. The van der Waals surface area contributed by atoms with Gasteiger partial charge in [0.25, 0.3) is 5.91 Å². The number of nitrogens with one attached hydrogen (secondary N) is 1. The molecule has 3 saturated heterocycles. The molecule has 5 atom stereocenters. The number of nitrogen functional groups attached to an aromatic ring is 1. The van der Waals surface area contributed by atoms with Crippen molar-refractivity contribution in [3.8, 4) is 11.8 Å². The highest BCUT2D eigenvalue weighted by molar-refractivity contribution is 5.84. The van der Waals surface area contributed by atoms with Crippen molar-refractivity contribution >= 4 is 34.9 Å². The van der Waals surface area contributed by atoms with Crippen LogP contribution in [-0.2, 0) is 19.1 Å². The number of carbonyl (C=O) groups excluding carboxylic acids is 3. The first-order chi connectivity index (χ1) is 19.7. The number of amides is 3. The molecule has 3 amide bonds. The monoisotopic (exact) mass is 568 g/mol. The number of nitrogens with two attached hydrogens (primary N) is 1. The summed E-state index contributed by atoms with van der Waals surface area (Å²) in [7, 11) is 1.61. The second kappa shape index (κ2) is 10.8. The molecule has 2 aromatic heterocycles. The number of ether oxygens (including phenoxy) is 2.